The van der Waals surface area contributed by atoms with Gasteiger partial charge in [-0.05, 0) is 18.2 Å². The van der Waals surface area contributed by atoms with Crippen LogP contribution in [0, 0.1) is 10.1 Å². The number of hydrazine groups is 1. The molecule has 0 aliphatic rings. The van der Waals surface area contributed by atoms with Crippen LogP contribution in [0.25, 0.3) is 0 Å². The number of non-ortho nitro benzene ring substituents is 1. The zero-order valence-corrected chi connectivity index (χ0v) is 11.3. The van der Waals surface area contributed by atoms with Gasteiger partial charge in [0.05, 0.1) is 4.92 Å². The van der Waals surface area contributed by atoms with E-state index in [0.29, 0.717) is 5.69 Å². The molecule has 2 rings (SSSR count). The number of rotatable bonds is 3. The lowest BCUT2D eigenvalue weighted by molar-refractivity contribution is -0.384. The van der Waals surface area contributed by atoms with E-state index in [1.165, 1.54) is 18.2 Å². The topological polar surface area (TPSA) is 113 Å². The number of hydrogen-bond acceptors (Lipinski definition) is 4. The summed E-state index contributed by atoms with van der Waals surface area (Å²) in [6.07, 6.45) is 0. The van der Waals surface area contributed by atoms with Crippen molar-refractivity contribution in [3.63, 3.8) is 0 Å². The van der Waals surface area contributed by atoms with Crippen LogP contribution in [0.5, 0.6) is 0 Å². The molecule has 22 heavy (non-hydrogen) atoms. The number of carbonyl (C=O) groups excluding carboxylic acids is 2. The third kappa shape index (κ3) is 4.04. The molecule has 0 spiro atoms. The van der Waals surface area contributed by atoms with E-state index in [2.05, 4.69) is 16.2 Å². The Balaban J connectivity index is 1.91. The molecule has 0 saturated heterocycles. The summed E-state index contributed by atoms with van der Waals surface area (Å²) in [5.74, 6) is -0.660. The fourth-order valence-electron chi connectivity index (χ4n) is 1.63. The Bertz CT molecular complexity index is 703. The van der Waals surface area contributed by atoms with Gasteiger partial charge in [-0.2, -0.15) is 0 Å². The van der Waals surface area contributed by atoms with Gasteiger partial charge in [-0.15, -0.1) is 0 Å². The molecule has 0 radical (unpaired) electrons. The third-order valence-electron chi connectivity index (χ3n) is 2.64. The second-order valence-corrected chi connectivity index (χ2v) is 4.21. The summed E-state index contributed by atoms with van der Waals surface area (Å²) in [5, 5.41) is 13.1. The summed E-state index contributed by atoms with van der Waals surface area (Å²) in [6.45, 7) is 0. The monoisotopic (exact) mass is 300 g/mol. The minimum absolute atomic E-state index is 0.0641. The van der Waals surface area contributed by atoms with E-state index in [1.54, 1.807) is 30.3 Å². The van der Waals surface area contributed by atoms with Crippen molar-refractivity contribution >= 4 is 23.3 Å². The van der Waals surface area contributed by atoms with Gasteiger partial charge in [-0.25, -0.2) is 10.2 Å². The van der Waals surface area contributed by atoms with Crippen molar-refractivity contribution in [2.75, 3.05) is 5.32 Å². The van der Waals surface area contributed by atoms with Crippen LogP contribution in [-0.4, -0.2) is 16.9 Å². The lowest BCUT2D eigenvalue weighted by atomic mass is 10.2. The highest BCUT2D eigenvalue weighted by molar-refractivity contribution is 5.97. The van der Waals surface area contributed by atoms with Gasteiger partial charge in [0.1, 0.15) is 0 Å². The van der Waals surface area contributed by atoms with Crippen LogP contribution in [0.15, 0.2) is 54.6 Å². The highest BCUT2D eigenvalue weighted by Gasteiger charge is 2.12. The van der Waals surface area contributed by atoms with Crippen molar-refractivity contribution in [2.24, 2.45) is 0 Å². The zero-order chi connectivity index (χ0) is 15.9. The molecule has 8 nitrogen and oxygen atoms in total. The van der Waals surface area contributed by atoms with E-state index in [9.17, 15) is 19.7 Å². The first kappa shape index (κ1) is 15.0. The van der Waals surface area contributed by atoms with Gasteiger partial charge in [0.2, 0.25) is 0 Å². The van der Waals surface area contributed by atoms with Crippen LogP contribution in [0.3, 0.4) is 0 Å². The molecule has 3 amide bonds. The van der Waals surface area contributed by atoms with Gasteiger partial charge >= 0.3 is 6.03 Å². The normalized spacial score (nSPS) is 9.64. The molecule has 0 aromatic heterocycles. The minimum atomic E-state index is -0.660. The van der Waals surface area contributed by atoms with Crippen LogP contribution in [0.1, 0.15) is 10.4 Å². The number of benzene rings is 2. The first-order valence-electron chi connectivity index (χ1n) is 6.23. The molecule has 0 atom stereocenters. The minimum Gasteiger partial charge on any atom is -0.307 e. The molecule has 0 bridgehead atoms. The van der Waals surface area contributed by atoms with Crippen LogP contribution in [0.4, 0.5) is 16.2 Å². The number of hydrogen-bond donors (Lipinski definition) is 3. The number of anilines is 1. The van der Waals surface area contributed by atoms with Crippen molar-refractivity contribution in [1.29, 1.82) is 0 Å². The van der Waals surface area contributed by atoms with Crippen LogP contribution < -0.4 is 16.2 Å². The predicted molar refractivity (Wildman–Crippen MR) is 79.2 cm³/mol. The molecule has 3 N–H and O–H groups in total. The number of nitrogens with zero attached hydrogens (tertiary/aromatic N) is 1. The van der Waals surface area contributed by atoms with E-state index in [-0.39, 0.29) is 11.3 Å². The van der Waals surface area contributed by atoms with Crippen molar-refractivity contribution in [3.05, 3.63) is 70.3 Å². The Kier molecular flexibility index (Phi) is 4.66. The van der Waals surface area contributed by atoms with Gasteiger partial charge in [0.25, 0.3) is 11.6 Å². The number of para-hydroxylation sites is 1. The highest BCUT2D eigenvalue weighted by Crippen LogP contribution is 2.12. The maximum atomic E-state index is 11.8. The number of nitro benzene ring substituents is 1. The molecule has 2 aromatic carbocycles. The average molecular weight is 300 g/mol. The Morgan fingerprint density at radius 1 is 0.955 bits per heavy atom. The maximum absolute atomic E-state index is 11.8. The second-order valence-electron chi connectivity index (χ2n) is 4.21. The van der Waals surface area contributed by atoms with Crippen LogP contribution in [-0.2, 0) is 0 Å². The summed E-state index contributed by atoms with van der Waals surface area (Å²) in [5.41, 5.74) is 4.74. The predicted octanol–water partition coefficient (Wildman–Crippen LogP) is 2.06. The first-order valence-corrected chi connectivity index (χ1v) is 6.23. The zero-order valence-electron chi connectivity index (χ0n) is 11.3. The van der Waals surface area contributed by atoms with Crippen LogP contribution in [0.2, 0.25) is 0 Å². The van der Waals surface area contributed by atoms with Gasteiger partial charge in [0.15, 0.2) is 0 Å². The van der Waals surface area contributed by atoms with Gasteiger partial charge < -0.3 is 5.32 Å². The van der Waals surface area contributed by atoms with Crippen LogP contribution >= 0.6 is 0 Å². The molecule has 0 aliphatic heterocycles. The largest absolute Gasteiger partial charge is 0.337 e. The molecule has 0 aliphatic carbocycles. The van der Waals surface area contributed by atoms with E-state index < -0.39 is 16.9 Å². The molecule has 0 saturated carbocycles. The van der Waals surface area contributed by atoms with Crippen molar-refractivity contribution in [2.45, 2.75) is 0 Å². The Labute approximate surface area is 125 Å². The standard InChI is InChI=1S/C14H12N4O4/c19-13(10-5-4-8-12(9-10)18(21)22)16-17-14(20)15-11-6-2-1-3-7-11/h1-9H,(H,16,19)(H2,15,17,20). The summed E-state index contributed by atoms with van der Waals surface area (Å²) in [4.78, 5) is 33.4. The number of nitro groups is 1. The number of nitrogens with one attached hydrogen (secondary N) is 3. The van der Waals surface area contributed by atoms with E-state index >= 15 is 0 Å². The smallest absolute Gasteiger partial charge is 0.307 e. The Morgan fingerprint density at radius 2 is 1.68 bits per heavy atom. The fraction of sp³-hybridized carbons (Fsp3) is 0. The third-order valence-corrected chi connectivity index (χ3v) is 2.64. The summed E-state index contributed by atoms with van der Waals surface area (Å²) in [6, 6.07) is 13.2. The van der Waals surface area contributed by atoms with Gasteiger partial charge in [-0.3, -0.25) is 20.3 Å². The summed E-state index contributed by atoms with van der Waals surface area (Å²) in [7, 11) is 0. The van der Waals surface area contributed by atoms with Crippen molar-refractivity contribution in [3.8, 4) is 0 Å². The van der Waals surface area contributed by atoms with E-state index in [0.717, 1.165) is 6.07 Å². The number of urea groups is 1. The summed E-state index contributed by atoms with van der Waals surface area (Å²) >= 11 is 0. The lowest BCUT2D eigenvalue weighted by Gasteiger charge is -2.08. The van der Waals surface area contributed by atoms with E-state index in [1.807, 2.05) is 0 Å². The second kappa shape index (κ2) is 6.84. The molecular weight excluding hydrogens is 288 g/mol. The molecule has 0 fully saturated rings. The molecule has 0 heterocycles. The lowest BCUT2D eigenvalue weighted by Crippen LogP contribution is -2.43. The van der Waals surface area contributed by atoms with E-state index in [4.69, 9.17) is 0 Å². The Morgan fingerprint density at radius 3 is 2.36 bits per heavy atom. The van der Waals surface area contributed by atoms with Crippen molar-refractivity contribution < 1.29 is 14.5 Å². The Hall–Kier alpha value is -3.42. The number of amides is 3. The molecule has 0 unspecified atom stereocenters. The van der Waals surface area contributed by atoms with Crippen molar-refractivity contribution in [1.82, 2.24) is 10.9 Å². The maximum Gasteiger partial charge on any atom is 0.337 e. The van der Waals surface area contributed by atoms with Gasteiger partial charge in [0, 0.05) is 23.4 Å². The number of carbonyl (C=O) groups is 2. The SMILES string of the molecule is O=C(NNC(=O)c1cccc([N+](=O)[O-])c1)Nc1ccccc1. The first-order chi connectivity index (χ1) is 10.6. The average Bonchev–Trinajstić information content (AvgIpc) is 2.53. The molecule has 2 aromatic rings. The quantitative estimate of drug-likeness (QED) is 0.594. The fourth-order valence-corrected chi connectivity index (χ4v) is 1.63. The molecular formula is C14H12N4O4. The van der Waals surface area contributed by atoms with Gasteiger partial charge in [-0.1, -0.05) is 24.3 Å². The molecule has 112 valence electrons. The summed E-state index contributed by atoms with van der Waals surface area (Å²) < 4.78 is 0. The molecule has 8 heteroatoms. The highest BCUT2D eigenvalue weighted by atomic mass is 16.6.